The molecule has 0 heterocycles. The molecular weight excluding hydrogens is 238 g/mol. The van der Waals surface area contributed by atoms with Gasteiger partial charge in [0.2, 0.25) is 5.82 Å². The second-order valence-electron chi connectivity index (χ2n) is 3.68. The van der Waals surface area contributed by atoms with Crippen LogP contribution in [0.15, 0.2) is 36.4 Å². The third-order valence-electron chi connectivity index (χ3n) is 2.62. The topological polar surface area (TPSA) is 26.3 Å². The number of rotatable bonds is 3. The molecule has 0 bridgehead atoms. The Bertz CT molecular complexity index is 577. The van der Waals surface area contributed by atoms with Crippen molar-refractivity contribution in [3.05, 3.63) is 53.6 Å². The Labute approximate surface area is 103 Å². The Morgan fingerprint density at radius 3 is 2.22 bits per heavy atom. The number of ether oxygens (including phenoxy) is 1. The summed E-state index contributed by atoms with van der Waals surface area (Å²) in [5, 5.41) is 0. The Hall–Kier alpha value is -2.23. The van der Waals surface area contributed by atoms with Gasteiger partial charge in [0.05, 0.1) is 7.11 Å². The molecule has 0 saturated heterocycles. The van der Waals surface area contributed by atoms with Gasteiger partial charge in [0.1, 0.15) is 6.29 Å². The van der Waals surface area contributed by atoms with Gasteiger partial charge < -0.3 is 4.74 Å². The van der Waals surface area contributed by atoms with Crippen molar-refractivity contribution in [1.29, 1.82) is 0 Å². The van der Waals surface area contributed by atoms with Crippen molar-refractivity contribution in [2.24, 2.45) is 0 Å². The maximum atomic E-state index is 13.8. The fourth-order valence-corrected chi connectivity index (χ4v) is 1.65. The second-order valence-corrected chi connectivity index (χ2v) is 3.68. The summed E-state index contributed by atoms with van der Waals surface area (Å²) in [7, 11) is 1.27. The van der Waals surface area contributed by atoms with Crippen LogP contribution in [0.4, 0.5) is 8.78 Å². The van der Waals surface area contributed by atoms with Crippen LogP contribution in [-0.4, -0.2) is 13.4 Å². The van der Waals surface area contributed by atoms with Gasteiger partial charge in [-0.25, -0.2) is 4.39 Å². The largest absolute Gasteiger partial charge is 0.494 e. The Balaban J connectivity index is 2.50. The molecule has 2 rings (SSSR count). The number of halogens is 2. The van der Waals surface area contributed by atoms with Gasteiger partial charge in [0, 0.05) is 11.1 Å². The van der Waals surface area contributed by atoms with E-state index in [2.05, 4.69) is 0 Å². The summed E-state index contributed by atoms with van der Waals surface area (Å²) in [6.45, 7) is 0. The van der Waals surface area contributed by atoms with Gasteiger partial charge in [-0.3, -0.25) is 4.79 Å². The van der Waals surface area contributed by atoms with Crippen molar-refractivity contribution in [2.75, 3.05) is 7.11 Å². The lowest BCUT2D eigenvalue weighted by molar-refractivity contribution is 0.112. The number of methoxy groups -OCH3 is 1. The summed E-state index contributed by atoms with van der Waals surface area (Å²) >= 11 is 0. The van der Waals surface area contributed by atoms with Crippen LogP contribution in [0.5, 0.6) is 5.75 Å². The summed E-state index contributed by atoms with van der Waals surface area (Å²) in [6.07, 6.45) is 0.689. The van der Waals surface area contributed by atoms with Crippen molar-refractivity contribution in [3.63, 3.8) is 0 Å². The average Bonchev–Trinajstić information content (AvgIpc) is 2.42. The lowest BCUT2D eigenvalue weighted by Crippen LogP contribution is -1.95. The molecule has 0 aliphatic rings. The Morgan fingerprint density at radius 1 is 1.00 bits per heavy atom. The third kappa shape index (κ3) is 2.09. The highest BCUT2D eigenvalue weighted by Gasteiger charge is 2.14. The number of hydrogen-bond donors (Lipinski definition) is 0. The van der Waals surface area contributed by atoms with Gasteiger partial charge >= 0.3 is 0 Å². The number of benzene rings is 2. The number of carbonyl (C=O) groups is 1. The van der Waals surface area contributed by atoms with E-state index in [1.54, 1.807) is 24.3 Å². The zero-order chi connectivity index (χ0) is 13.1. The predicted molar refractivity (Wildman–Crippen MR) is 63.7 cm³/mol. The highest BCUT2D eigenvalue weighted by atomic mass is 19.2. The maximum absolute atomic E-state index is 13.8. The molecule has 0 saturated carbocycles. The summed E-state index contributed by atoms with van der Waals surface area (Å²) in [4.78, 5) is 10.5. The standard InChI is InChI=1S/C14H10F2O2/c1-18-12-7-6-11(13(15)14(12)16)10-4-2-9(8-17)3-5-10/h2-8H,1H3. The minimum absolute atomic E-state index is 0.130. The van der Waals surface area contributed by atoms with Crippen LogP contribution >= 0.6 is 0 Å². The van der Waals surface area contributed by atoms with E-state index in [-0.39, 0.29) is 11.3 Å². The molecule has 0 aliphatic carbocycles. The summed E-state index contributed by atoms with van der Waals surface area (Å²) in [5.74, 6) is -2.12. The number of hydrogen-bond acceptors (Lipinski definition) is 2. The van der Waals surface area contributed by atoms with Gasteiger partial charge in [0.15, 0.2) is 11.6 Å². The van der Waals surface area contributed by atoms with Crippen molar-refractivity contribution in [2.45, 2.75) is 0 Å². The molecule has 0 aromatic heterocycles. The van der Waals surface area contributed by atoms with Crippen LogP contribution in [0.2, 0.25) is 0 Å². The van der Waals surface area contributed by atoms with E-state index in [0.717, 1.165) is 0 Å². The zero-order valence-corrected chi connectivity index (χ0v) is 9.61. The minimum atomic E-state index is -1.02. The van der Waals surface area contributed by atoms with E-state index in [4.69, 9.17) is 4.74 Å². The molecule has 18 heavy (non-hydrogen) atoms. The van der Waals surface area contributed by atoms with Crippen LogP contribution in [-0.2, 0) is 0 Å². The molecule has 0 spiro atoms. The van der Waals surface area contributed by atoms with Gasteiger partial charge in [-0.2, -0.15) is 4.39 Å². The van der Waals surface area contributed by atoms with E-state index in [0.29, 0.717) is 17.4 Å². The maximum Gasteiger partial charge on any atom is 0.201 e. The van der Waals surface area contributed by atoms with Gasteiger partial charge in [-0.1, -0.05) is 24.3 Å². The predicted octanol–water partition coefficient (Wildman–Crippen LogP) is 3.45. The highest BCUT2D eigenvalue weighted by Crippen LogP contribution is 2.29. The van der Waals surface area contributed by atoms with E-state index in [1.165, 1.54) is 19.2 Å². The Kier molecular flexibility index (Phi) is 3.37. The fourth-order valence-electron chi connectivity index (χ4n) is 1.65. The van der Waals surface area contributed by atoms with Crippen molar-refractivity contribution >= 4 is 6.29 Å². The van der Waals surface area contributed by atoms with E-state index < -0.39 is 11.6 Å². The van der Waals surface area contributed by atoms with Crippen LogP contribution < -0.4 is 4.74 Å². The first-order valence-electron chi connectivity index (χ1n) is 5.25. The molecule has 0 radical (unpaired) electrons. The lowest BCUT2D eigenvalue weighted by Gasteiger charge is -2.07. The molecule has 92 valence electrons. The molecule has 2 nitrogen and oxygen atoms in total. The smallest absolute Gasteiger partial charge is 0.201 e. The van der Waals surface area contributed by atoms with E-state index >= 15 is 0 Å². The molecule has 0 fully saturated rings. The monoisotopic (exact) mass is 248 g/mol. The number of carbonyl (C=O) groups excluding carboxylic acids is 1. The van der Waals surface area contributed by atoms with Crippen molar-refractivity contribution < 1.29 is 18.3 Å². The molecule has 0 atom stereocenters. The quantitative estimate of drug-likeness (QED) is 0.777. The molecule has 0 aliphatic heterocycles. The summed E-state index contributed by atoms with van der Waals surface area (Å²) in [6, 6.07) is 9.02. The normalized spacial score (nSPS) is 10.2. The first-order valence-corrected chi connectivity index (χ1v) is 5.25. The zero-order valence-electron chi connectivity index (χ0n) is 9.61. The molecule has 2 aromatic rings. The first kappa shape index (κ1) is 12.2. The Morgan fingerprint density at radius 2 is 1.67 bits per heavy atom. The van der Waals surface area contributed by atoms with Crippen LogP contribution in [0.3, 0.4) is 0 Å². The number of aldehydes is 1. The van der Waals surface area contributed by atoms with E-state index in [1.807, 2.05) is 0 Å². The molecule has 0 N–H and O–H groups in total. The first-order chi connectivity index (χ1) is 8.67. The van der Waals surface area contributed by atoms with Gasteiger partial charge in [0.25, 0.3) is 0 Å². The molecule has 0 unspecified atom stereocenters. The van der Waals surface area contributed by atoms with Crippen molar-refractivity contribution in [3.8, 4) is 16.9 Å². The van der Waals surface area contributed by atoms with Crippen LogP contribution in [0.25, 0.3) is 11.1 Å². The fraction of sp³-hybridized carbons (Fsp3) is 0.0714. The third-order valence-corrected chi connectivity index (χ3v) is 2.62. The van der Waals surface area contributed by atoms with Crippen LogP contribution in [0, 0.1) is 11.6 Å². The van der Waals surface area contributed by atoms with E-state index in [9.17, 15) is 13.6 Å². The van der Waals surface area contributed by atoms with Gasteiger partial charge in [-0.05, 0) is 17.7 Å². The summed E-state index contributed by atoms with van der Waals surface area (Å²) in [5.41, 5.74) is 1.11. The molecule has 0 amide bonds. The SMILES string of the molecule is COc1ccc(-c2ccc(C=O)cc2)c(F)c1F. The highest BCUT2D eigenvalue weighted by molar-refractivity contribution is 5.77. The second kappa shape index (κ2) is 4.96. The summed E-state index contributed by atoms with van der Waals surface area (Å²) < 4.78 is 32.0. The van der Waals surface area contributed by atoms with Crippen molar-refractivity contribution in [1.82, 2.24) is 0 Å². The molecule has 4 heteroatoms. The minimum Gasteiger partial charge on any atom is -0.494 e. The molecule has 2 aromatic carbocycles. The van der Waals surface area contributed by atoms with Crippen LogP contribution in [0.1, 0.15) is 10.4 Å². The lowest BCUT2D eigenvalue weighted by atomic mass is 10.0. The molecular formula is C14H10F2O2. The van der Waals surface area contributed by atoms with Gasteiger partial charge in [-0.15, -0.1) is 0 Å². The average molecular weight is 248 g/mol.